The smallest absolute Gasteiger partial charge is 0.248 e. The average molecular weight is 155 g/mol. The largest absolute Gasteiger partial charge is 0.510 e. The number of nitrogens with one attached hydrogen (secondary N) is 1. The maximum absolute atomic E-state index is 10.7. The Morgan fingerprint density at radius 3 is 2.73 bits per heavy atom. The predicted octanol–water partition coefficient (Wildman–Crippen LogP) is 0.973. The zero-order valence-corrected chi connectivity index (χ0v) is 6.79. The minimum absolute atomic E-state index is 0.150. The summed E-state index contributed by atoms with van der Waals surface area (Å²) < 4.78 is 0. The lowest BCUT2D eigenvalue weighted by Crippen LogP contribution is -2.29. The van der Waals surface area contributed by atoms with Crippen molar-refractivity contribution in [3.8, 4) is 0 Å². The van der Waals surface area contributed by atoms with Gasteiger partial charge in [-0.3, -0.25) is 4.79 Å². The first-order chi connectivity index (χ1) is 5.09. The summed E-state index contributed by atoms with van der Waals surface area (Å²) in [6, 6.07) is -0.150. The number of carbonyl (C=O) groups is 1. The van der Waals surface area contributed by atoms with Crippen LogP contribution in [-0.4, -0.2) is 17.1 Å². The Bertz CT molecular complexity index is 196. The second-order valence-electron chi connectivity index (χ2n) is 3.26. The zero-order valence-electron chi connectivity index (χ0n) is 6.79. The van der Waals surface area contributed by atoms with E-state index in [1.165, 1.54) is 6.08 Å². The fraction of sp³-hybridized carbons (Fsp3) is 0.625. The molecule has 0 aromatic rings. The number of hydrogen-bond acceptors (Lipinski definition) is 2. The maximum atomic E-state index is 10.7. The van der Waals surface area contributed by atoms with Crippen molar-refractivity contribution in [2.75, 3.05) is 0 Å². The highest BCUT2D eigenvalue weighted by atomic mass is 16.3. The van der Waals surface area contributed by atoms with Crippen molar-refractivity contribution in [2.45, 2.75) is 26.3 Å². The van der Waals surface area contributed by atoms with Crippen LogP contribution in [0.25, 0.3) is 0 Å². The Kier molecular flexibility index (Phi) is 2.17. The normalized spacial score (nSPS) is 23.7. The average Bonchev–Trinajstić information content (AvgIpc) is 2.09. The van der Waals surface area contributed by atoms with Crippen molar-refractivity contribution in [2.24, 2.45) is 5.92 Å². The van der Waals surface area contributed by atoms with E-state index >= 15 is 0 Å². The summed E-state index contributed by atoms with van der Waals surface area (Å²) in [5, 5.41) is 11.8. The molecular weight excluding hydrogens is 142 g/mol. The molecule has 1 aliphatic heterocycles. The monoisotopic (exact) mass is 155 g/mol. The van der Waals surface area contributed by atoms with E-state index in [1.54, 1.807) is 0 Å². The fourth-order valence-electron chi connectivity index (χ4n) is 1.17. The van der Waals surface area contributed by atoms with Crippen LogP contribution >= 0.6 is 0 Å². The molecule has 1 atom stereocenters. The molecule has 1 unspecified atom stereocenters. The lowest BCUT2D eigenvalue weighted by molar-refractivity contribution is -0.116. The van der Waals surface area contributed by atoms with Gasteiger partial charge in [-0.2, -0.15) is 0 Å². The first-order valence-corrected chi connectivity index (χ1v) is 3.80. The Labute approximate surface area is 66.1 Å². The van der Waals surface area contributed by atoms with Gasteiger partial charge in [0.25, 0.3) is 0 Å². The van der Waals surface area contributed by atoms with Crippen LogP contribution in [0.15, 0.2) is 11.8 Å². The van der Waals surface area contributed by atoms with Crippen molar-refractivity contribution in [3.05, 3.63) is 11.8 Å². The summed E-state index contributed by atoms with van der Waals surface area (Å²) in [6.45, 7) is 4.11. The zero-order chi connectivity index (χ0) is 8.43. The molecule has 1 aliphatic rings. The van der Waals surface area contributed by atoms with Crippen LogP contribution in [0, 0.1) is 5.92 Å². The summed E-state index contributed by atoms with van der Waals surface area (Å²) in [5.41, 5.74) is 0. The second-order valence-corrected chi connectivity index (χ2v) is 3.26. The molecule has 2 N–H and O–H groups in total. The van der Waals surface area contributed by atoms with Gasteiger partial charge < -0.3 is 10.4 Å². The molecular formula is C8H13NO2. The highest BCUT2D eigenvalue weighted by Gasteiger charge is 2.23. The Balaban J connectivity index is 2.50. The SMILES string of the molecule is CC(C)CC1NC(=O)C=C1O. The van der Waals surface area contributed by atoms with E-state index < -0.39 is 0 Å². The van der Waals surface area contributed by atoms with Gasteiger partial charge in [0.15, 0.2) is 0 Å². The molecule has 0 spiro atoms. The number of rotatable bonds is 2. The van der Waals surface area contributed by atoms with Gasteiger partial charge in [-0.25, -0.2) is 0 Å². The molecule has 62 valence electrons. The minimum Gasteiger partial charge on any atom is -0.510 e. The number of hydrogen-bond donors (Lipinski definition) is 2. The molecule has 0 aliphatic carbocycles. The van der Waals surface area contributed by atoms with E-state index in [4.69, 9.17) is 0 Å². The van der Waals surface area contributed by atoms with E-state index in [2.05, 4.69) is 19.2 Å². The topological polar surface area (TPSA) is 49.3 Å². The minimum atomic E-state index is -0.187. The van der Waals surface area contributed by atoms with E-state index in [-0.39, 0.29) is 17.7 Å². The van der Waals surface area contributed by atoms with Crippen LogP contribution in [0.5, 0.6) is 0 Å². The summed E-state index contributed by atoms with van der Waals surface area (Å²) in [6.07, 6.45) is 2.04. The summed E-state index contributed by atoms with van der Waals surface area (Å²) in [4.78, 5) is 10.7. The summed E-state index contributed by atoms with van der Waals surface area (Å²) >= 11 is 0. The first kappa shape index (κ1) is 8.11. The second kappa shape index (κ2) is 2.95. The molecule has 1 heterocycles. The number of aliphatic hydroxyl groups is 1. The third-order valence-corrected chi connectivity index (χ3v) is 1.66. The van der Waals surface area contributed by atoms with Gasteiger partial charge in [0, 0.05) is 6.08 Å². The van der Waals surface area contributed by atoms with Crippen LogP contribution < -0.4 is 5.32 Å². The van der Waals surface area contributed by atoms with Crippen molar-refractivity contribution in [3.63, 3.8) is 0 Å². The quantitative estimate of drug-likeness (QED) is 0.624. The Morgan fingerprint density at radius 1 is 1.73 bits per heavy atom. The van der Waals surface area contributed by atoms with Gasteiger partial charge in [-0.05, 0) is 12.3 Å². The number of amides is 1. The van der Waals surface area contributed by atoms with Gasteiger partial charge in [0.2, 0.25) is 5.91 Å². The molecule has 0 radical (unpaired) electrons. The van der Waals surface area contributed by atoms with Crippen molar-refractivity contribution in [1.29, 1.82) is 0 Å². The molecule has 0 aromatic carbocycles. The Morgan fingerprint density at radius 2 is 2.36 bits per heavy atom. The van der Waals surface area contributed by atoms with Crippen LogP contribution in [0.1, 0.15) is 20.3 Å². The highest BCUT2D eigenvalue weighted by molar-refractivity contribution is 5.91. The highest BCUT2D eigenvalue weighted by Crippen LogP contribution is 2.14. The standard InChI is InChI=1S/C8H13NO2/c1-5(2)3-6-7(10)4-8(11)9-6/h4-6,10H,3H2,1-2H3,(H,9,11). The van der Waals surface area contributed by atoms with E-state index in [1.807, 2.05) is 0 Å². The molecule has 0 saturated carbocycles. The third-order valence-electron chi connectivity index (χ3n) is 1.66. The van der Waals surface area contributed by atoms with Gasteiger partial charge in [0.05, 0.1) is 6.04 Å². The van der Waals surface area contributed by atoms with Crippen LogP contribution in [-0.2, 0) is 4.79 Å². The Hall–Kier alpha value is -0.990. The molecule has 1 rings (SSSR count). The molecule has 11 heavy (non-hydrogen) atoms. The van der Waals surface area contributed by atoms with Crippen LogP contribution in [0.4, 0.5) is 0 Å². The molecule has 0 fully saturated rings. The summed E-state index contributed by atoms with van der Waals surface area (Å²) in [7, 11) is 0. The number of aliphatic hydroxyl groups excluding tert-OH is 1. The first-order valence-electron chi connectivity index (χ1n) is 3.80. The van der Waals surface area contributed by atoms with Crippen LogP contribution in [0.3, 0.4) is 0 Å². The van der Waals surface area contributed by atoms with E-state index in [0.717, 1.165) is 6.42 Å². The van der Waals surface area contributed by atoms with Gasteiger partial charge >= 0.3 is 0 Å². The van der Waals surface area contributed by atoms with E-state index in [9.17, 15) is 9.90 Å². The lowest BCUT2D eigenvalue weighted by atomic mass is 10.0. The van der Waals surface area contributed by atoms with Crippen molar-refractivity contribution < 1.29 is 9.90 Å². The molecule has 3 nitrogen and oxygen atoms in total. The van der Waals surface area contributed by atoms with Gasteiger partial charge in [-0.1, -0.05) is 13.8 Å². The molecule has 0 saturated heterocycles. The molecule has 0 bridgehead atoms. The van der Waals surface area contributed by atoms with E-state index in [0.29, 0.717) is 5.92 Å². The van der Waals surface area contributed by atoms with Crippen molar-refractivity contribution in [1.82, 2.24) is 5.32 Å². The lowest BCUT2D eigenvalue weighted by Gasteiger charge is -2.13. The third kappa shape index (κ3) is 1.97. The maximum Gasteiger partial charge on any atom is 0.248 e. The molecule has 0 aromatic heterocycles. The number of carbonyl (C=O) groups excluding carboxylic acids is 1. The summed E-state index contributed by atoms with van der Waals surface area (Å²) in [5.74, 6) is 0.464. The molecule has 3 heteroatoms. The van der Waals surface area contributed by atoms with Gasteiger partial charge in [-0.15, -0.1) is 0 Å². The predicted molar refractivity (Wildman–Crippen MR) is 42.1 cm³/mol. The van der Waals surface area contributed by atoms with Gasteiger partial charge in [0.1, 0.15) is 5.76 Å². The molecule has 1 amide bonds. The fourth-order valence-corrected chi connectivity index (χ4v) is 1.17. The van der Waals surface area contributed by atoms with Crippen molar-refractivity contribution >= 4 is 5.91 Å². The van der Waals surface area contributed by atoms with Crippen LogP contribution in [0.2, 0.25) is 0 Å².